The second-order valence-corrected chi connectivity index (χ2v) is 8.54. The number of carboxylic acids is 1. The quantitative estimate of drug-likeness (QED) is 0.159. The Labute approximate surface area is 186 Å². The van der Waals surface area contributed by atoms with E-state index in [1.165, 1.54) is 25.6 Å². The Morgan fingerprint density at radius 2 is 1.32 bits per heavy atom. The number of hydrogen-bond donors (Lipinski definition) is 7. The van der Waals surface area contributed by atoms with Gasteiger partial charge in [0.2, 0.25) is 17.7 Å². The van der Waals surface area contributed by atoms with Gasteiger partial charge in [-0.1, -0.05) is 20.3 Å². The largest absolute Gasteiger partial charge is 0.480 e. The van der Waals surface area contributed by atoms with Gasteiger partial charge in [-0.2, -0.15) is 11.8 Å². The highest BCUT2D eigenvalue weighted by Crippen LogP contribution is 2.10. The molecular formula is C19H36N4O7S. The van der Waals surface area contributed by atoms with Crippen LogP contribution in [0.1, 0.15) is 40.5 Å². The van der Waals surface area contributed by atoms with E-state index in [0.717, 1.165) is 0 Å². The van der Waals surface area contributed by atoms with Crippen molar-refractivity contribution >= 4 is 35.5 Å². The number of nitrogens with one attached hydrogen (secondary N) is 3. The van der Waals surface area contributed by atoms with Crippen LogP contribution in [-0.2, 0) is 19.2 Å². The third-order valence-electron chi connectivity index (χ3n) is 4.87. The van der Waals surface area contributed by atoms with E-state index in [1.54, 1.807) is 6.92 Å². The summed E-state index contributed by atoms with van der Waals surface area (Å²) in [4.78, 5) is 48.9. The maximum absolute atomic E-state index is 12.9. The Hall–Kier alpha value is -1.89. The number of aliphatic hydroxyl groups is 2. The van der Waals surface area contributed by atoms with Crippen LogP contribution in [0.15, 0.2) is 0 Å². The predicted molar refractivity (Wildman–Crippen MR) is 117 cm³/mol. The van der Waals surface area contributed by atoms with Gasteiger partial charge in [0.05, 0.1) is 18.2 Å². The molecule has 8 N–H and O–H groups in total. The molecule has 7 unspecified atom stereocenters. The van der Waals surface area contributed by atoms with Crippen molar-refractivity contribution in [3.63, 3.8) is 0 Å². The summed E-state index contributed by atoms with van der Waals surface area (Å²) in [5.41, 5.74) is 5.86. The molecule has 0 aliphatic carbocycles. The molecule has 0 bridgehead atoms. The van der Waals surface area contributed by atoms with Crippen LogP contribution in [0.4, 0.5) is 0 Å². The number of thioether (sulfide) groups is 1. The summed E-state index contributed by atoms with van der Waals surface area (Å²) in [7, 11) is 0. The zero-order valence-electron chi connectivity index (χ0n) is 18.6. The summed E-state index contributed by atoms with van der Waals surface area (Å²) in [6.45, 7) is 5.99. The first kappa shape index (κ1) is 29.1. The minimum absolute atomic E-state index is 0.307. The van der Waals surface area contributed by atoms with Crippen LogP contribution >= 0.6 is 11.8 Å². The average molecular weight is 465 g/mol. The van der Waals surface area contributed by atoms with Gasteiger partial charge in [0, 0.05) is 0 Å². The molecule has 0 spiro atoms. The summed E-state index contributed by atoms with van der Waals surface area (Å²) in [6, 6.07) is -4.93. The monoisotopic (exact) mass is 464 g/mol. The van der Waals surface area contributed by atoms with E-state index < -0.39 is 60.1 Å². The third-order valence-corrected chi connectivity index (χ3v) is 5.52. The lowest BCUT2D eigenvalue weighted by atomic mass is 9.97. The van der Waals surface area contributed by atoms with Crippen LogP contribution in [0, 0.1) is 5.92 Å². The van der Waals surface area contributed by atoms with Crippen molar-refractivity contribution in [1.82, 2.24) is 16.0 Å². The zero-order valence-corrected chi connectivity index (χ0v) is 19.4. The van der Waals surface area contributed by atoms with Gasteiger partial charge in [0.1, 0.15) is 12.1 Å². The summed E-state index contributed by atoms with van der Waals surface area (Å²) >= 11 is 1.54. The van der Waals surface area contributed by atoms with Crippen molar-refractivity contribution in [1.29, 1.82) is 0 Å². The fourth-order valence-corrected chi connectivity index (χ4v) is 3.11. The molecule has 7 atom stereocenters. The lowest BCUT2D eigenvalue weighted by molar-refractivity contribution is -0.146. The molecule has 0 saturated heterocycles. The highest BCUT2D eigenvalue weighted by atomic mass is 32.2. The van der Waals surface area contributed by atoms with Gasteiger partial charge in [0.25, 0.3) is 0 Å². The summed E-state index contributed by atoms with van der Waals surface area (Å²) in [5, 5.41) is 35.7. The van der Waals surface area contributed by atoms with E-state index in [2.05, 4.69) is 16.0 Å². The molecule has 0 aliphatic rings. The second-order valence-electron chi connectivity index (χ2n) is 7.55. The summed E-state index contributed by atoms with van der Waals surface area (Å²) in [5.74, 6) is -3.31. The predicted octanol–water partition coefficient (Wildman–Crippen LogP) is -1.59. The van der Waals surface area contributed by atoms with Crippen molar-refractivity contribution in [2.75, 3.05) is 12.0 Å². The average Bonchev–Trinajstić information content (AvgIpc) is 2.70. The number of rotatable bonds is 14. The van der Waals surface area contributed by atoms with Crippen molar-refractivity contribution < 1.29 is 34.5 Å². The Bertz CT molecular complexity index is 618. The molecule has 0 heterocycles. The first-order chi connectivity index (χ1) is 14.4. The Morgan fingerprint density at radius 1 is 0.871 bits per heavy atom. The van der Waals surface area contributed by atoms with E-state index in [-0.39, 0.29) is 5.92 Å². The molecule has 11 nitrogen and oxygen atoms in total. The minimum Gasteiger partial charge on any atom is -0.480 e. The zero-order chi connectivity index (χ0) is 24.3. The van der Waals surface area contributed by atoms with E-state index in [9.17, 15) is 29.4 Å². The number of carboxylic acid groups (broad SMARTS) is 1. The number of carbonyl (C=O) groups is 4. The molecule has 0 saturated carbocycles. The van der Waals surface area contributed by atoms with Gasteiger partial charge in [-0.15, -0.1) is 0 Å². The Kier molecular flexibility index (Phi) is 13.4. The standard InChI is InChI=1S/C19H36N4O7S/c1-6-9(2)13(21-16(26)12(20)7-8-31-5)17(27)22-14(10(3)24)18(28)23-15(11(4)25)19(29)30/h9-15,24-25H,6-8,20H2,1-5H3,(H,21,26)(H,22,27)(H,23,28)(H,29,30). The van der Waals surface area contributed by atoms with Gasteiger partial charge in [-0.25, -0.2) is 4.79 Å². The first-order valence-electron chi connectivity index (χ1n) is 10.1. The highest BCUT2D eigenvalue weighted by Gasteiger charge is 2.35. The molecule has 0 aromatic heterocycles. The van der Waals surface area contributed by atoms with Crippen LogP contribution in [-0.4, -0.2) is 87.4 Å². The molecule has 31 heavy (non-hydrogen) atoms. The third kappa shape index (κ3) is 9.85. The molecule has 3 amide bonds. The fraction of sp³-hybridized carbons (Fsp3) is 0.789. The number of nitrogens with two attached hydrogens (primary N) is 1. The van der Waals surface area contributed by atoms with Crippen LogP contribution in [0.2, 0.25) is 0 Å². The molecule has 12 heteroatoms. The van der Waals surface area contributed by atoms with Crippen molar-refractivity contribution in [2.24, 2.45) is 11.7 Å². The topological polar surface area (TPSA) is 191 Å². The number of carbonyl (C=O) groups excluding carboxylic acids is 3. The van der Waals surface area contributed by atoms with Crippen molar-refractivity contribution in [3.8, 4) is 0 Å². The summed E-state index contributed by atoms with van der Waals surface area (Å²) < 4.78 is 0. The molecule has 0 radical (unpaired) electrons. The van der Waals surface area contributed by atoms with Gasteiger partial charge in [-0.3, -0.25) is 14.4 Å². The van der Waals surface area contributed by atoms with E-state index in [0.29, 0.717) is 18.6 Å². The number of aliphatic hydroxyl groups excluding tert-OH is 2. The van der Waals surface area contributed by atoms with Gasteiger partial charge in [0.15, 0.2) is 6.04 Å². The molecule has 0 fully saturated rings. The molecule has 0 aliphatic heterocycles. The first-order valence-corrected chi connectivity index (χ1v) is 11.5. The van der Waals surface area contributed by atoms with Crippen LogP contribution in [0.3, 0.4) is 0 Å². The smallest absolute Gasteiger partial charge is 0.328 e. The number of aliphatic carboxylic acids is 1. The highest BCUT2D eigenvalue weighted by molar-refractivity contribution is 7.98. The van der Waals surface area contributed by atoms with Gasteiger partial charge < -0.3 is 37.0 Å². The maximum atomic E-state index is 12.9. The number of amides is 3. The van der Waals surface area contributed by atoms with E-state index in [1.807, 2.05) is 13.2 Å². The maximum Gasteiger partial charge on any atom is 0.328 e. The molecular weight excluding hydrogens is 428 g/mol. The van der Waals surface area contributed by atoms with Crippen molar-refractivity contribution in [2.45, 2.75) is 76.9 Å². The molecule has 180 valence electrons. The van der Waals surface area contributed by atoms with Crippen LogP contribution < -0.4 is 21.7 Å². The van der Waals surface area contributed by atoms with Crippen LogP contribution in [0.25, 0.3) is 0 Å². The van der Waals surface area contributed by atoms with Crippen molar-refractivity contribution in [3.05, 3.63) is 0 Å². The number of hydrogen-bond acceptors (Lipinski definition) is 8. The second kappa shape index (κ2) is 14.2. The minimum atomic E-state index is -1.62. The normalized spacial score (nSPS) is 17.9. The lowest BCUT2D eigenvalue weighted by Crippen LogP contribution is -2.61. The van der Waals surface area contributed by atoms with Gasteiger partial charge >= 0.3 is 5.97 Å². The Morgan fingerprint density at radius 3 is 1.74 bits per heavy atom. The molecule has 0 rings (SSSR count). The van der Waals surface area contributed by atoms with Gasteiger partial charge in [-0.05, 0) is 38.2 Å². The molecule has 0 aromatic carbocycles. The van der Waals surface area contributed by atoms with Crippen LogP contribution in [0.5, 0.6) is 0 Å². The van der Waals surface area contributed by atoms with E-state index >= 15 is 0 Å². The SMILES string of the molecule is CCC(C)C(NC(=O)C(N)CCSC)C(=O)NC(C(=O)NC(C(=O)O)C(C)O)C(C)O. The van der Waals surface area contributed by atoms with E-state index in [4.69, 9.17) is 10.8 Å². The lowest BCUT2D eigenvalue weighted by Gasteiger charge is -2.29. The Balaban J connectivity index is 5.42. The summed E-state index contributed by atoms with van der Waals surface area (Å²) in [6.07, 6.45) is 0.0725. The fourth-order valence-electron chi connectivity index (χ4n) is 2.62. The molecule has 0 aromatic rings.